The third kappa shape index (κ3) is 3.13. The van der Waals surface area contributed by atoms with E-state index >= 15 is 0 Å². The van der Waals surface area contributed by atoms with Crippen LogP contribution in [0.5, 0.6) is 0 Å². The van der Waals surface area contributed by atoms with E-state index in [0.717, 1.165) is 25.7 Å². The van der Waals surface area contributed by atoms with Gasteiger partial charge in [-0.3, -0.25) is 0 Å². The summed E-state index contributed by atoms with van der Waals surface area (Å²) < 4.78 is 13.7. The maximum absolute atomic E-state index is 13.7. The molecule has 112 valence electrons. The van der Waals surface area contributed by atoms with Crippen molar-refractivity contribution in [3.8, 4) is 0 Å². The van der Waals surface area contributed by atoms with Crippen LogP contribution in [0.3, 0.4) is 0 Å². The van der Waals surface area contributed by atoms with Crippen molar-refractivity contribution >= 4 is 23.2 Å². The number of benzene rings is 1. The van der Waals surface area contributed by atoms with Crippen LogP contribution in [0.4, 0.5) is 4.39 Å². The van der Waals surface area contributed by atoms with Gasteiger partial charge < -0.3 is 5.11 Å². The van der Waals surface area contributed by atoms with E-state index in [9.17, 15) is 9.50 Å². The summed E-state index contributed by atoms with van der Waals surface area (Å²) in [5.41, 5.74) is -0.668. The molecule has 4 heteroatoms. The molecule has 0 aliphatic heterocycles. The highest BCUT2D eigenvalue weighted by atomic mass is 35.5. The van der Waals surface area contributed by atoms with Gasteiger partial charge in [-0.15, -0.1) is 0 Å². The molecule has 0 aromatic heterocycles. The lowest BCUT2D eigenvalue weighted by molar-refractivity contribution is -0.0313. The van der Waals surface area contributed by atoms with Crippen LogP contribution in [0, 0.1) is 17.7 Å². The molecule has 1 aliphatic carbocycles. The Labute approximate surface area is 130 Å². The third-order valence-corrected chi connectivity index (χ3v) is 5.31. The molecule has 0 amide bonds. The van der Waals surface area contributed by atoms with Crippen molar-refractivity contribution < 1.29 is 9.50 Å². The van der Waals surface area contributed by atoms with Gasteiger partial charge in [0.05, 0.1) is 10.6 Å². The maximum atomic E-state index is 13.7. The van der Waals surface area contributed by atoms with E-state index in [2.05, 4.69) is 6.92 Å². The van der Waals surface area contributed by atoms with Crippen LogP contribution in [0.15, 0.2) is 12.1 Å². The highest BCUT2D eigenvalue weighted by molar-refractivity contribution is 6.35. The summed E-state index contributed by atoms with van der Waals surface area (Å²) in [4.78, 5) is 0. The van der Waals surface area contributed by atoms with Gasteiger partial charge in [-0.2, -0.15) is 0 Å². The monoisotopic (exact) mass is 318 g/mol. The number of hydrogen-bond donors (Lipinski definition) is 1. The Balaban J connectivity index is 2.32. The molecule has 1 nitrogen and oxygen atoms in total. The van der Waals surface area contributed by atoms with E-state index in [1.807, 2.05) is 0 Å². The van der Waals surface area contributed by atoms with E-state index in [0.29, 0.717) is 16.5 Å². The molecule has 1 aromatic rings. The second kappa shape index (κ2) is 6.21. The van der Waals surface area contributed by atoms with Gasteiger partial charge in [0.2, 0.25) is 0 Å². The smallest absolute Gasteiger partial charge is 0.142 e. The highest BCUT2D eigenvalue weighted by Gasteiger charge is 2.38. The van der Waals surface area contributed by atoms with Gasteiger partial charge in [0.25, 0.3) is 0 Å². The molecule has 0 bridgehead atoms. The van der Waals surface area contributed by atoms with E-state index in [-0.39, 0.29) is 10.9 Å². The van der Waals surface area contributed by atoms with Crippen molar-refractivity contribution in [3.05, 3.63) is 33.6 Å². The predicted octanol–water partition coefficient (Wildman–Crippen LogP) is 5.56. The van der Waals surface area contributed by atoms with Crippen molar-refractivity contribution in [3.63, 3.8) is 0 Å². The fourth-order valence-corrected chi connectivity index (χ4v) is 3.88. The Morgan fingerprint density at radius 1 is 1.30 bits per heavy atom. The summed E-state index contributed by atoms with van der Waals surface area (Å²) >= 11 is 11.9. The third-order valence-electron chi connectivity index (χ3n) is 4.71. The second-order valence-electron chi connectivity index (χ2n) is 6.03. The average molecular weight is 319 g/mol. The molecule has 20 heavy (non-hydrogen) atoms. The quantitative estimate of drug-likeness (QED) is 0.724. The van der Waals surface area contributed by atoms with E-state index in [1.165, 1.54) is 18.6 Å². The lowest BCUT2D eigenvalue weighted by Crippen LogP contribution is -2.35. The van der Waals surface area contributed by atoms with E-state index in [4.69, 9.17) is 23.2 Å². The maximum Gasteiger partial charge on any atom is 0.142 e. The summed E-state index contributed by atoms with van der Waals surface area (Å²) in [5.74, 6) is 0.213. The molecular weight excluding hydrogens is 298 g/mol. The van der Waals surface area contributed by atoms with Crippen LogP contribution in [0.2, 0.25) is 10.0 Å². The Kier molecular flexibility index (Phi) is 4.99. The van der Waals surface area contributed by atoms with Crippen LogP contribution < -0.4 is 0 Å². The molecule has 3 atom stereocenters. The zero-order valence-electron chi connectivity index (χ0n) is 11.9. The van der Waals surface area contributed by atoms with Gasteiger partial charge in [-0.05, 0) is 43.7 Å². The summed E-state index contributed by atoms with van der Waals surface area (Å²) in [5, 5.41) is 11.2. The molecule has 0 heterocycles. The molecular formula is C16H21Cl2FO. The first-order valence-corrected chi connectivity index (χ1v) is 7.99. The van der Waals surface area contributed by atoms with Gasteiger partial charge in [0.15, 0.2) is 0 Å². The first-order chi connectivity index (χ1) is 9.36. The fraction of sp³-hybridized carbons (Fsp3) is 0.625. The first kappa shape index (κ1) is 16.1. The van der Waals surface area contributed by atoms with Crippen LogP contribution in [-0.4, -0.2) is 5.11 Å². The molecule has 1 aromatic carbocycles. The van der Waals surface area contributed by atoms with Crippen molar-refractivity contribution in [2.45, 2.75) is 51.6 Å². The van der Waals surface area contributed by atoms with Crippen molar-refractivity contribution in [2.75, 3.05) is 0 Å². The van der Waals surface area contributed by atoms with Crippen LogP contribution in [-0.2, 0) is 5.60 Å². The zero-order valence-corrected chi connectivity index (χ0v) is 13.4. The lowest BCUT2D eigenvalue weighted by atomic mass is 9.70. The number of hydrogen-bond acceptors (Lipinski definition) is 1. The lowest BCUT2D eigenvalue weighted by Gasteiger charge is -2.39. The number of aliphatic hydroxyl groups is 1. The SMILES string of the molecule is CCC1CCCC(C(C)(O)c2cc(F)c(Cl)cc2Cl)C1. The molecule has 0 saturated heterocycles. The van der Waals surface area contributed by atoms with Crippen molar-refractivity contribution in [1.82, 2.24) is 0 Å². The minimum Gasteiger partial charge on any atom is -0.385 e. The van der Waals surface area contributed by atoms with Crippen LogP contribution in [0.1, 0.15) is 51.5 Å². The largest absolute Gasteiger partial charge is 0.385 e. The summed E-state index contributed by atoms with van der Waals surface area (Å²) in [6.07, 6.45) is 5.35. The minimum absolute atomic E-state index is 0.00960. The first-order valence-electron chi connectivity index (χ1n) is 7.23. The number of rotatable bonds is 3. The highest BCUT2D eigenvalue weighted by Crippen LogP contribution is 2.44. The molecule has 2 rings (SSSR count). The molecule has 1 fully saturated rings. The summed E-state index contributed by atoms with van der Waals surface area (Å²) in [7, 11) is 0. The Morgan fingerprint density at radius 2 is 2.00 bits per heavy atom. The Bertz CT molecular complexity index is 488. The number of halogens is 3. The molecule has 3 unspecified atom stereocenters. The van der Waals surface area contributed by atoms with E-state index < -0.39 is 11.4 Å². The standard InChI is InChI=1S/C16H21Cl2FO/c1-3-10-5-4-6-11(7-10)16(2,20)12-8-15(19)14(18)9-13(12)17/h8-11,20H,3-7H2,1-2H3. The topological polar surface area (TPSA) is 20.2 Å². The van der Waals surface area contributed by atoms with Crippen LogP contribution in [0.25, 0.3) is 0 Å². The molecule has 0 radical (unpaired) electrons. The molecule has 1 aliphatic rings. The van der Waals surface area contributed by atoms with Crippen molar-refractivity contribution in [1.29, 1.82) is 0 Å². The zero-order chi connectivity index (χ0) is 14.9. The average Bonchev–Trinajstić information content (AvgIpc) is 2.42. The molecule has 0 spiro atoms. The fourth-order valence-electron chi connectivity index (χ4n) is 3.30. The summed E-state index contributed by atoms with van der Waals surface area (Å²) in [6.45, 7) is 3.92. The minimum atomic E-state index is -1.11. The van der Waals surface area contributed by atoms with Gasteiger partial charge >= 0.3 is 0 Å². The Hall–Kier alpha value is -0.310. The Morgan fingerprint density at radius 3 is 2.65 bits per heavy atom. The molecule has 1 saturated carbocycles. The summed E-state index contributed by atoms with van der Waals surface area (Å²) in [6, 6.07) is 2.66. The second-order valence-corrected chi connectivity index (χ2v) is 6.85. The normalized spacial score (nSPS) is 26.3. The van der Waals surface area contributed by atoms with Crippen LogP contribution >= 0.6 is 23.2 Å². The molecule has 1 N–H and O–H groups in total. The van der Waals surface area contributed by atoms with Gasteiger partial charge in [-0.25, -0.2) is 4.39 Å². The van der Waals surface area contributed by atoms with Gasteiger partial charge in [0, 0.05) is 10.6 Å². The van der Waals surface area contributed by atoms with E-state index in [1.54, 1.807) is 6.92 Å². The predicted molar refractivity (Wildman–Crippen MR) is 81.7 cm³/mol. The van der Waals surface area contributed by atoms with Gasteiger partial charge in [0.1, 0.15) is 5.82 Å². The van der Waals surface area contributed by atoms with Crippen molar-refractivity contribution in [2.24, 2.45) is 11.8 Å². The van der Waals surface area contributed by atoms with Gasteiger partial charge in [-0.1, -0.05) is 49.4 Å².